The SMILES string of the molecule is COc1ccc(-c2nnc(SCC(=O)NC[C@@H]3CCCO3)n2-c2ccccc2C)cc1. The number of methoxy groups -OCH3 is 1. The topological polar surface area (TPSA) is 78.3 Å². The second-order valence-corrected chi connectivity index (χ2v) is 8.33. The van der Waals surface area contributed by atoms with E-state index in [2.05, 4.69) is 28.5 Å². The van der Waals surface area contributed by atoms with Gasteiger partial charge < -0.3 is 14.8 Å². The maximum Gasteiger partial charge on any atom is 0.230 e. The summed E-state index contributed by atoms with van der Waals surface area (Å²) in [6.07, 6.45) is 2.19. The highest BCUT2D eigenvalue weighted by molar-refractivity contribution is 7.99. The summed E-state index contributed by atoms with van der Waals surface area (Å²) in [6, 6.07) is 15.8. The molecule has 1 saturated heterocycles. The molecule has 31 heavy (non-hydrogen) atoms. The molecule has 0 bridgehead atoms. The highest BCUT2D eigenvalue weighted by Crippen LogP contribution is 2.30. The van der Waals surface area contributed by atoms with Crippen molar-refractivity contribution in [2.45, 2.75) is 31.0 Å². The molecule has 1 fully saturated rings. The van der Waals surface area contributed by atoms with Crippen molar-refractivity contribution < 1.29 is 14.3 Å². The fourth-order valence-corrected chi connectivity index (χ4v) is 4.31. The Balaban J connectivity index is 1.56. The van der Waals surface area contributed by atoms with E-state index in [-0.39, 0.29) is 17.8 Å². The van der Waals surface area contributed by atoms with Crippen LogP contribution in [0.5, 0.6) is 5.75 Å². The molecule has 1 atom stereocenters. The van der Waals surface area contributed by atoms with Gasteiger partial charge in [0.2, 0.25) is 5.91 Å². The minimum absolute atomic E-state index is 0.0363. The molecule has 0 spiro atoms. The van der Waals surface area contributed by atoms with Gasteiger partial charge >= 0.3 is 0 Å². The lowest BCUT2D eigenvalue weighted by Gasteiger charge is -2.13. The lowest BCUT2D eigenvalue weighted by Crippen LogP contribution is -2.32. The Bertz CT molecular complexity index is 1030. The number of rotatable bonds is 8. The highest BCUT2D eigenvalue weighted by atomic mass is 32.2. The third-order valence-corrected chi connectivity index (χ3v) is 6.15. The molecule has 1 aliphatic heterocycles. The minimum Gasteiger partial charge on any atom is -0.497 e. The molecule has 2 aromatic carbocycles. The van der Waals surface area contributed by atoms with E-state index in [1.807, 2.05) is 47.0 Å². The van der Waals surface area contributed by atoms with E-state index < -0.39 is 0 Å². The first-order chi connectivity index (χ1) is 15.2. The molecule has 0 aliphatic carbocycles. The molecule has 8 heteroatoms. The van der Waals surface area contributed by atoms with Gasteiger partial charge in [-0.15, -0.1) is 10.2 Å². The summed E-state index contributed by atoms with van der Waals surface area (Å²) < 4.78 is 12.8. The fraction of sp³-hybridized carbons (Fsp3) is 0.348. The van der Waals surface area contributed by atoms with E-state index in [4.69, 9.17) is 9.47 Å². The summed E-state index contributed by atoms with van der Waals surface area (Å²) in [5.41, 5.74) is 3.01. The summed E-state index contributed by atoms with van der Waals surface area (Å²) in [7, 11) is 1.64. The number of carbonyl (C=O) groups is 1. The molecule has 0 unspecified atom stereocenters. The summed E-state index contributed by atoms with van der Waals surface area (Å²) in [5.74, 6) is 1.73. The normalized spacial score (nSPS) is 15.7. The zero-order chi connectivity index (χ0) is 21.6. The molecule has 1 aromatic heterocycles. The van der Waals surface area contributed by atoms with Crippen LogP contribution in [0.25, 0.3) is 17.1 Å². The monoisotopic (exact) mass is 438 g/mol. The first kappa shape index (κ1) is 21.4. The van der Waals surface area contributed by atoms with Crippen LogP contribution in [0.4, 0.5) is 0 Å². The summed E-state index contributed by atoms with van der Waals surface area (Å²) >= 11 is 1.38. The van der Waals surface area contributed by atoms with Crippen LogP contribution in [-0.4, -0.2) is 52.8 Å². The van der Waals surface area contributed by atoms with Crippen LogP contribution in [0.3, 0.4) is 0 Å². The first-order valence-electron chi connectivity index (χ1n) is 10.3. The standard InChI is InChI=1S/C23H26N4O3S/c1-16-6-3-4-8-20(16)27-22(17-9-11-18(29-2)12-10-17)25-26-23(27)31-15-21(28)24-14-19-7-5-13-30-19/h3-4,6,8-12,19H,5,7,13-15H2,1-2H3,(H,24,28)/t19-/m0/s1. The van der Waals surface area contributed by atoms with Gasteiger partial charge in [0, 0.05) is 18.7 Å². The number of aromatic nitrogens is 3. The Kier molecular flexibility index (Phi) is 6.89. The van der Waals surface area contributed by atoms with Crippen molar-refractivity contribution >= 4 is 17.7 Å². The summed E-state index contributed by atoms with van der Waals surface area (Å²) in [6.45, 7) is 3.39. The predicted octanol–water partition coefficient (Wildman–Crippen LogP) is 3.64. The maximum atomic E-state index is 12.4. The van der Waals surface area contributed by atoms with Gasteiger partial charge in [-0.1, -0.05) is 30.0 Å². The van der Waals surface area contributed by atoms with Gasteiger partial charge in [0.25, 0.3) is 0 Å². The second kappa shape index (κ2) is 9.98. The van der Waals surface area contributed by atoms with Gasteiger partial charge in [-0.3, -0.25) is 9.36 Å². The second-order valence-electron chi connectivity index (χ2n) is 7.38. The Morgan fingerprint density at radius 2 is 2.03 bits per heavy atom. The number of hydrogen-bond donors (Lipinski definition) is 1. The van der Waals surface area contributed by atoms with E-state index in [1.165, 1.54) is 11.8 Å². The van der Waals surface area contributed by atoms with E-state index in [0.717, 1.165) is 47.8 Å². The lowest BCUT2D eigenvalue weighted by atomic mass is 10.1. The highest BCUT2D eigenvalue weighted by Gasteiger charge is 2.20. The van der Waals surface area contributed by atoms with Gasteiger partial charge in [-0.25, -0.2) is 0 Å². The zero-order valence-electron chi connectivity index (χ0n) is 17.7. The molecule has 3 aromatic rings. The van der Waals surface area contributed by atoms with Gasteiger partial charge in [0.15, 0.2) is 11.0 Å². The van der Waals surface area contributed by atoms with Crippen molar-refractivity contribution in [1.82, 2.24) is 20.1 Å². The molecule has 4 rings (SSSR count). The maximum absolute atomic E-state index is 12.4. The minimum atomic E-state index is -0.0363. The van der Waals surface area contributed by atoms with Crippen LogP contribution < -0.4 is 10.1 Å². The van der Waals surface area contributed by atoms with Crippen molar-refractivity contribution in [3.05, 3.63) is 54.1 Å². The quantitative estimate of drug-likeness (QED) is 0.541. The molecule has 0 saturated carbocycles. The Morgan fingerprint density at radius 3 is 2.74 bits per heavy atom. The number of nitrogens with one attached hydrogen (secondary N) is 1. The molecule has 7 nitrogen and oxygen atoms in total. The van der Waals surface area contributed by atoms with E-state index in [9.17, 15) is 4.79 Å². The summed E-state index contributed by atoms with van der Waals surface area (Å²) in [5, 5.41) is 12.5. The fourth-order valence-electron chi connectivity index (χ4n) is 3.54. The summed E-state index contributed by atoms with van der Waals surface area (Å²) in [4.78, 5) is 12.4. The average molecular weight is 439 g/mol. The van der Waals surface area contributed by atoms with Crippen molar-refractivity contribution in [3.8, 4) is 22.8 Å². The van der Waals surface area contributed by atoms with Crippen molar-refractivity contribution in [3.63, 3.8) is 0 Å². The number of ether oxygens (including phenoxy) is 2. The van der Waals surface area contributed by atoms with Gasteiger partial charge in [0.05, 0.1) is 24.7 Å². The molecular weight excluding hydrogens is 412 g/mol. The zero-order valence-corrected chi connectivity index (χ0v) is 18.5. The number of para-hydroxylation sites is 1. The number of aryl methyl sites for hydroxylation is 1. The van der Waals surface area contributed by atoms with Crippen molar-refractivity contribution in [1.29, 1.82) is 0 Å². The van der Waals surface area contributed by atoms with E-state index >= 15 is 0 Å². The number of benzene rings is 2. The van der Waals surface area contributed by atoms with Crippen molar-refractivity contribution in [2.24, 2.45) is 0 Å². The van der Waals surface area contributed by atoms with Crippen LogP contribution in [0.2, 0.25) is 0 Å². The van der Waals surface area contributed by atoms with E-state index in [1.54, 1.807) is 7.11 Å². The Morgan fingerprint density at radius 1 is 1.23 bits per heavy atom. The molecule has 1 aliphatic rings. The van der Waals surface area contributed by atoms with Crippen LogP contribution >= 0.6 is 11.8 Å². The third-order valence-electron chi connectivity index (χ3n) is 5.22. The molecule has 1 N–H and O–H groups in total. The lowest BCUT2D eigenvalue weighted by molar-refractivity contribution is -0.119. The van der Waals surface area contributed by atoms with Gasteiger partial charge in [-0.2, -0.15) is 0 Å². The first-order valence-corrected chi connectivity index (χ1v) is 11.3. The Labute approximate surface area is 186 Å². The van der Waals surface area contributed by atoms with Gasteiger partial charge in [0.1, 0.15) is 5.75 Å². The van der Waals surface area contributed by atoms with Crippen LogP contribution in [0.15, 0.2) is 53.7 Å². The van der Waals surface area contributed by atoms with Crippen LogP contribution in [0, 0.1) is 6.92 Å². The van der Waals surface area contributed by atoms with Crippen molar-refractivity contribution in [2.75, 3.05) is 26.0 Å². The smallest absolute Gasteiger partial charge is 0.230 e. The molecule has 0 radical (unpaired) electrons. The molecular formula is C23H26N4O3S. The number of hydrogen-bond acceptors (Lipinski definition) is 6. The number of thioether (sulfide) groups is 1. The predicted molar refractivity (Wildman–Crippen MR) is 121 cm³/mol. The number of carbonyl (C=O) groups excluding carboxylic acids is 1. The largest absolute Gasteiger partial charge is 0.497 e. The molecule has 162 valence electrons. The average Bonchev–Trinajstić information content (AvgIpc) is 3.47. The van der Waals surface area contributed by atoms with Crippen LogP contribution in [0.1, 0.15) is 18.4 Å². The number of nitrogens with zero attached hydrogens (tertiary/aromatic N) is 3. The van der Waals surface area contributed by atoms with Crippen LogP contribution in [-0.2, 0) is 9.53 Å². The molecule has 1 amide bonds. The molecule has 2 heterocycles. The van der Waals surface area contributed by atoms with Gasteiger partial charge in [-0.05, 0) is 55.7 Å². The third kappa shape index (κ3) is 5.08. The number of amides is 1. The Hall–Kier alpha value is -2.84. The van der Waals surface area contributed by atoms with E-state index in [0.29, 0.717) is 11.7 Å².